The molecule has 0 aliphatic heterocycles. The minimum absolute atomic E-state index is 0.119. The van der Waals surface area contributed by atoms with E-state index in [1.807, 2.05) is 30.3 Å². The zero-order valence-corrected chi connectivity index (χ0v) is 12.4. The summed E-state index contributed by atoms with van der Waals surface area (Å²) >= 11 is 0. The fourth-order valence-corrected chi connectivity index (χ4v) is 2.14. The van der Waals surface area contributed by atoms with Crippen LogP contribution in [-0.2, 0) is 11.3 Å². The predicted octanol–water partition coefficient (Wildman–Crippen LogP) is 0.691. The van der Waals surface area contributed by atoms with Gasteiger partial charge in [0, 0.05) is 6.20 Å². The molecule has 0 saturated heterocycles. The Hall–Kier alpha value is -3.09. The SMILES string of the molecule is O=C(Cn1nc2ccccn2c1=O)NCCOc1ccccc1. The third-order valence-electron chi connectivity index (χ3n) is 3.22. The molecule has 7 heteroatoms. The summed E-state index contributed by atoms with van der Waals surface area (Å²) in [4.78, 5) is 23.9. The zero-order valence-electron chi connectivity index (χ0n) is 12.4. The van der Waals surface area contributed by atoms with E-state index < -0.39 is 0 Å². The minimum atomic E-state index is -0.337. The highest BCUT2D eigenvalue weighted by Gasteiger charge is 2.09. The molecule has 0 bridgehead atoms. The van der Waals surface area contributed by atoms with Gasteiger partial charge in [-0.15, -0.1) is 5.10 Å². The van der Waals surface area contributed by atoms with Crippen molar-refractivity contribution < 1.29 is 9.53 Å². The lowest BCUT2D eigenvalue weighted by atomic mass is 10.3. The van der Waals surface area contributed by atoms with Crippen LogP contribution in [0.25, 0.3) is 5.65 Å². The van der Waals surface area contributed by atoms with Crippen LogP contribution in [0.1, 0.15) is 0 Å². The summed E-state index contributed by atoms with van der Waals surface area (Å²) in [7, 11) is 0. The normalized spacial score (nSPS) is 10.6. The number of nitrogens with zero attached hydrogens (tertiary/aromatic N) is 3. The van der Waals surface area contributed by atoms with Crippen LogP contribution in [-0.4, -0.2) is 33.2 Å². The van der Waals surface area contributed by atoms with Crippen LogP contribution in [0.3, 0.4) is 0 Å². The number of hydrogen-bond donors (Lipinski definition) is 1. The quantitative estimate of drug-likeness (QED) is 0.679. The number of pyridine rings is 1. The first-order valence-corrected chi connectivity index (χ1v) is 7.23. The Morgan fingerprint density at radius 1 is 1.13 bits per heavy atom. The molecule has 2 aromatic heterocycles. The van der Waals surface area contributed by atoms with Crippen LogP contribution in [0, 0.1) is 0 Å². The largest absolute Gasteiger partial charge is 0.492 e. The lowest BCUT2D eigenvalue weighted by Crippen LogP contribution is -2.34. The third-order valence-corrected chi connectivity index (χ3v) is 3.22. The number of nitrogens with one attached hydrogen (secondary N) is 1. The monoisotopic (exact) mass is 312 g/mol. The van der Waals surface area contributed by atoms with Gasteiger partial charge in [0.1, 0.15) is 18.9 Å². The molecule has 0 radical (unpaired) electrons. The van der Waals surface area contributed by atoms with Gasteiger partial charge in [-0.25, -0.2) is 9.48 Å². The molecule has 3 aromatic rings. The van der Waals surface area contributed by atoms with Crippen molar-refractivity contribution >= 4 is 11.6 Å². The highest BCUT2D eigenvalue weighted by atomic mass is 16.5. The fourth-order valence-electron chi connectivity index (χ4n) is 2.14. The number of fused-ring (bicyclic) bond motifs is 1. The van der Waals surface area contributed by atoms with Gasteiger partial charge in [0.05, 0.1) is 6.54 Å². The maximum Gasteiger partial charge on any atom is 0.350 e. The number of carbonyl (C=O) groups is 1. The second kappa shape index (κ2) is 6.78. The number of rotatable bonds is 6. The van der Waals surface area contributed by atoms with Crippen LogP contribution in [0.15, 0.2) is 59.5 Å². The average molecular weight is 312 g/mol. The predicted molar refractivity (Wildman–Crippen MR) is 84.4 cm³/mol. The Morgan fingerprint density at radius 3 is 2.70 bits per heavy atom. The molecule has 23 heavy (non-hydrogen) atoms. The number of hydrogen-bond acceptors (Lipinski definition) is 4. The summed E-state index contributed by atoms with van der Waals surface area (Å²) in [6.45, 7) is 0.595. The van der Waals surface area contributed by atoms with Crippen LogP contribution in [0.4, 0.5) is 0 Å². The summed E-state index contributed by atoms with van der Waals surface area (Å²) in [6.07, 6.45) is 1.62. The highest BCUT2D eigenvalue weighted by Crippen LogP contribution is 2.07. The van der Waals surface area contributed by atoms with Gasteiger partial charge >= 0.3 is 5.69 Å². The molecule has 0 unspecified atom stereocenters. The van der Waals surface area contributed by atoms with Crippen molar-refractivity contribution in [1.82, 2.24) is 19.5 Å². The third kappa shape index (κ3) is 3.57. The minimum Gasteiger partial charge on any atom is -0.492 e. The van der Waals surface area contributed by atoms with E-state index in [0.717, 1.165) is 10.4 Å². The lowest BCUT2D eigenvalue weighted by Gasteiger charge is -2.07. The molecule has 1 N–H and O–H groups in total. The van der Waals surface area contributed by atoms with Crippen LogP contribution >= 0.6 is 0 Å². The number of benzene rings is 1. The molecule has 2 heterocycles. The Morgan fingerprint density at radius 2 is 1.91 bits per heavy atom. The highest BCUT2D eigenvalue weighted by molar-refractivity contribution is 5.75. The molecule has 1 aromatic carbocycles. The second-order valence-electron chi connectivity index (χ2n) is 4.88. The standard InChI is InChI=1S/C16H16N4O3/c21-15(17-9-11-23-13-6-2-1-3-7-13)12-20-16(22)19-10-5-4-8-14(19)18-20/h1-8,10H,9,11-12H2,(H,17,21). The van der Waals surface area contributed by atoms with Crippen LogP contribution in [0.2, 0.25) is 0 Å². The van der Waals surface area contributed by atoms with Gasteiger partial charge in [-0.2, -0.15) is 0 Å². The zero-order chi connectivity index (χ0) is 16.1. The first-order chi connectivity index (χ1) is 11.2. The summed E-state index contributed by atoms with van der Waals surface area (Å²) in [5.41, 5.74) is 0.175. The average Bonchev–Trinajstić information content (AvgIpc) is 2.89. The summed E-state index contributed by atoms with van der Waals surface area (Å²) in [5.74, 6) is 0.463. The van der Waals surface area contributed by atoms with E-state index >= 15 is 0 Å². The van der Waals surface area contributed by atoms with Gasteiger partial charge in [0.25, 0.3) is 0 Å². The molecule has 0 aliphatic carbocycles. The summed E-state index contributed by atoms with van der Waals surface area (Å²) < 4.78 is 8.01. The molecular weight excluding hydrogens is 296 g/mol. The van der Waals surface area contributed by atoms with Crippen molar-refractivity contribution in [2.45, 2.75) is 6.54 Å². The topological polar surface area (TPSA) is 77.6 Å². The molecular formula is C16H16N4O3. The van der Waals surface area contributed by atoms with E-state index in [1.165, 1.54) is 4.40 Å². The Labute approximate surface area is 132 Å². The first-order valence-electron chi connectivity index (χ1n) is 7.23. The van der Waals surface area contributed by atoms with Gasteiger partial charge in [0.15, 0.2) is 5.65 Å². The van der Waals surface area contributed by atoms with Gasteiger partial charge in [-0.05, 0) is 24.3 Å². The maximum absolute atomic E-state index is 12.0. The molecule has 7 nitrogen and oxygen atoms in total. The molecule has 0 atom stereocenters. The van der Waals surface area contributed by atoms with E-state index in [-0.39, 0.29) is 18.1 Å². The number of amides is 1. The summed E-state index contributed by atoms with van der Waals surface area (Å²) in [5, 5.41) is 6.80. The van der Waals surface area contributed by atoms with E-state index in [0.29, 0.717) is 18.8 Å². The maximum atomic E-state index is 12.0. The van der Waals surface area contributed by atoms with Crippen molar-refractivity contribution in [3.63, 3.8) is 0 Å². The fraction of sp³-hybridized carbons (Fsp3) is 0.188. The van der Waals surface area contributed by atoms with Crippen molar-refractivity contribution in [3.05, 3.63) is 65.2 Å². The van der Waals surface area contributed by atoms with E-state index in [2.05, 4.69) is 10.4 Å². The van der Waals surface area contributed by atoms with Gasteiger partial charge < -0.3 is 10.1 Å². The number of aromatic nitrogens is 3. The van der Waals surface area contributed by atoms with Crippen molar-refractivity contribution in [1.29, 1.82) is 0 Å². The number of carbonyl (C=O) groups excluding carboxylic acids is 1. The van der Waals surface area contributed by atoms with Crippen molar-refractivity contribution in [3.8, 4) is 5.75 Å². The number of ether oxygens (including phenoxy) is 1. The Balaban J connectivity index is 1.51. The Bertz CT molecular complexity index is 854. The van der Waals surface area contributed by atoms with E-state index in [1.54, 1.807) is 24.4 Å². The van der Waals surface area contributed by atoms with Gasteiger partial charge in [0.2, 0.25) is 5.91 Å². The van der Waals surface area contributed by atoms with Crippen molar-refractivity contribution in [2.75, 3.05) is 13.2 Å². The number of para-hydroxylation sites is 1. The molecule has 118 valence electrons. The van der Waals surface area contributed by atoms with Gasteiger partial charge in [-0.3, -0.25) is 9.20 Å². The van der Waals surface area contributed by atoms with Crippen LogP contribution in [0.5, 0.6) is 5.75 Å². The van der Waals surface area contributed by atoms with E-state index in [9.17, 15) is 9.59 Å². The lowest BCUT2D eigenvalue weighted by molar-refractivity contribution is -0.122. The van der Waals surface area contributed by atoms with Gasteiger partial charge in [-0.1, -0.05) is 24.3 Å². The molecule has 0 aliphatic rings. The smallest absolute Gasteiger partial charge is 0.350 e. The Kier molecular flexibility index (Phi) is 4.37. The molecule has 3 rings (SSSR count). The van der Waals surface area contributed by atoms with E-state index in [4.69, 9.17) is 4.74 Å². The molecule has 0 saturated carbocycles. The molecule has 1 amide bonds. The van der Waals surface area contributed by atoms with Crippen molar-refractivity contribution in [2.24, 2.45) is 0 Å². The summed E-state index contributed by atoms with van der Waals surface area (Å²) in [6, 6.07) is 14.6. The molecule has 0 fully saturated rings. The second-order valence-corrected chi connectivity index (χ2v) is 4.88. The molecule has 0 spiro atoms. The van der Waals surface area contributed by atoms with Crippen LogP contribution < -0.4 is 15.7 Å². The first kappa shape index (κ1) is 14.8.